The van der Waals surface area contributed by atoms with Crippen LogP contribution in [0.25, 0.3) is 0 Å². The van der Waals surface area contributed by atoms with Crippen LogP contribution in [0.3, 0.4) is 0 Å². The third-order valence-corrected chi connectivity index (χ3v) is 3.17. The van der Waals surface area contributed by atoms with E-state index in [0.29, 0.717) is 16.5 Å². The number of carbonyl (C=O) groups is 1. The summed E-state index contributed by atoms with van der Waals surface area (Å²) < 4.78 is 10.7. The van der Waals surface area contributed by atoms with Crippen molar-refractivity contribution in [1.29, 1.82) is 0 Å². The summed E-state index contributed by atoms with van der Waals surface area (Å²) in [6.07, 6.45) is 0. The molecule has 5 heteroatoms. The SMILES string of the molecule is CCOC(=O)c1cccc(Oc2cc(Cl)ccc2C)c1N. The van der Waals surface area contributed by atoms with Crippen molar-refractivity contribution in [3.05, 3.63) is 52.5 Å². The first-order chi connectivity index (χ1) is 10.0. The average Bonchev–Trinajstić information content (AvgIpc) is 2.45. The van der Waals surface area contributed by atoms with Gasteiger partial charge in [-0.15, -0.1) is 0 Å². The highest BCUT2D eigenvalue weighted by atomic mass is 35.5. The molecule has 0 aliphatic rings. The third-order valence-electron chi connectivity index (χ3n) is 2.93. The first-order valence-electron chi connectivity index (χ1n) is 6.52. The molecule has 0 fully saturated rings. The van der Waals surface area contributed by atoms with Gasteiger partial charge in [0.15, 0.2) is 5.75 Å². The van der Waals surface area contributed by atoms with Gasteiger partial charge in [0.2, 0.25) is 0 Å². The number of nitrogen functional groups attached to an aromatic ring is 1. The van der Waals surface area contributed by atoms with E-state index in [1.54, 1.807) is 37.3 Å². The highest BCUT2D eigenvalue weighted by Gasteiger charge is 2.15. The number of para-hydroxylation sites is 1. The molecule has 0 heterocycles. The Morgan fingerprint density at radius 1 is 1.24 bits per heavy atom. The summed E-state index contributed by atoms with van der Waals surface area (Å²) >= 11 is 5.96. The van der Waals surface area contributed by atoms with Gasteiger partial charge in [-0.3, -0.25) is 0 Å². The number of carbonyl (C=O) groups excluding carboxylic acids is 1. The van der Waals surface area contributed by atoms with Crippen LogP contribution in [-0.4, -0.2) is 12.6 Å². The van der Waals surface area contributed by atoms with Gasteiger partial charge in [0, 0.05) is 5.02 Å². The van der Waals surface area contributed by atoms with E-state index >= 15 is 0 Å². The van der Waals surface area contributed by atoms with Crippen LogP contribution >= 0.6 is 11.6 Å². The van der Waals surface area contributed by atoms with E-state index in [1.807, 2.05) is 13.0 Å². The quantitative estimate of drug-likeness (QED) is 0.679. The number of hydrogen-bond donors (Lipinski definition) is 1. The summed E-state index contributed by atoms with van der Waals surface area (Å²) in [6, 6.07) is 10.3. The minimum Gasteiger partial charge on any atom is -0.462 e. The van der Waals surface area contributed by atoms with Crippen LogP contribution in [0.1, 0.15) is 22.8 Å². The number of aryl methyl sites for hydroxylation is 1. The molecule has 0 aliphatic heterocycles. The maximum absolute atomic E-state index is 11.8. The molecule has 2 N–H and O–H groups in total. The van der Waals surface area contributed by atoms with Crippen LogP contribution in [0, 0.1) is 6.92 Å². The van der Waals surface area contributed by atoms with Crippen molar-refractivity contribution in [3.8, 4) is 11.5 Å². The summed E-state index contributed by atoms with van der Waals surface area (Å²) in [6.45, 7) is 3.93. The predicted octanol–water partition coefficient (Wildman–Crippen LogP) is 4.20. The number of benzene rings is 2. The third kappa shape index (κ3) is 3.47. The normalized spacial score (nSPS) is 10.2. The molecule has 0 spiro atoms. The number of ether oxygens (including phenoxy) is 2. The van der Waals surface area contributed by atoms with Gasteiger partial charge in [-0.25, -0.2) is 4.79 Å². The van der Waals surface area contributed by atoms with Gasteiger partial charge < -0.3 is 15.2 Å². The summed E-state index contributed by atoms with van der Waals surface area (Å²) in [5, 5.41) is 0.565. The van der Waals surface area contributed by atoms with Crippen LogP contribution in [0.4, 0.5) is 5.69 Å². The topological polar surface area (TPSA) is 61.5 Å². The zero-order chi connectivity index (χ0) is 15.4. The number of hydrogen-bond acceptors (Lipinski definition) is 4. The first-order valence-corrected chi connectivity index (χ1v) is 6.90. The fourth-order valence-electron chi connectivity index (χ4n) is 1.82. The van der Waals surface area contributed by atoms with E-state index in [1.165, 1.54) is 0 Å². The lowest BCUT2D eigenvalue weighted by Crippen LogP contribution is -2.08. The minimum atomic E-state index is -0.469. The van der Waals surface area contributed by atoms with Gasteiger partial charge in [-0.2, -0.15) is 0 Å². The Labute approximate surface area is 128 Å². The second-order valence-electron chi connectivity index (χ2n) is 4.45. The predicted molar refractivity (Wildman–Crippen MR) is 83.1 cm³/mol. The lowest BCUT2D eigenvalue weighted by Gasteiger charge is -2.13. The van der Waals surface area contributed by atoms with E-state index in [2.05, 4.69) is 0 Å². The molecule has 21 heavy (non-hydrogen) atoms. The summed E-state index contributed by atoms with van der Waals surface area (Å²) in [7, 11) is 0. The molecule has 0 aliphatic carbocycles. The molecule has 2 aromatic carbocycles. The fraction of sp³-hybridized carbons (Fsp3) is 0.188. The van der Waals surface area contributed by atoms with Gasteiger partial charge in [-0.1, -0.05) is 23.7 Å². The molecule has 0 saturated carbocycles. The Hall–Kier alpha value is -2.20. The molecular formula is C16H16ClNO3. The molecule has 4 nitrogen and oxygen atoms in total. The van der Waals surface area contributed by atoms with E-state index < -0.39 is 5.97 Å². The van der Waals surface area contributed by atoms with Crippen molar-refractivity contribution in [1.82, 2.24) is 0 Å². The highest BCUT2D eigenvalue weighted by molar-refractivity contribution is 6.30. The molecule has 0 saturated heterocycles. The molecule has 0 amide bonds. The smallest absolute Gasteiger partial charge is 0.340 e. The number of halogens is 1. The van der Waals surface area contributed by atoms with Crippen molar-refractivity contribution >= 4 is 23.3 Å². The molecule has 2 aromatic rings. The molecule has 0 bridgehead atoms. The van der Waals surface area contributed by atoms with Crippen LogP contribution in [0.5, 0.6) is 11.5 Å². The number of nitrogens with two attached hydrogens (primary N) is 1. The Morgan fingerprint density at radius 3 is 2.71 bits per heavy atom. The van der Waals surface area contributed by atoms with Gasteiger partial charge >= 0.3 is 5.97 Å². The van der Waals surface area contributed by atoms with Gasteiger partial charge in [0.05, 0.1) is 17.9 Å². The van der Waals surface area contributed by atoms with Crippen molar-refractivity contribution < 1.29 is 14.3 Å². The van der Waals surface area contributed by atoms with Crippen LogP contribution in [0.2, 0.25) is 5.02 Å². The lowest BCUT2D eigenvalue weighted by molar-refractivity contribution is 0.0527. The fourth-order valence-corrected chi connectivity index (χ4v) is 1.98. The summed E-state index contributed by atoms with van der Waals surface area (Å²) in [5.74, 6) is 0.518. The van der Waals surface area contributed by atoms with Crippen molar-refractivity contribution in [2.24, 2.45) is 0 Å². The molecule has 0 atom stereocenters. The summed E-state index contributed by atoms with van der Waals surface area (Å²) in [4.78, 5) is 11.8. The van der Waals surface area contributed by atoms with Gasteiger partial charge in [0.1, 0.15) is 5.75 Å². The Kier molecular flexibility index (Phi) is 4.70. The average molecular weight is 306 g/mol. The molecule has 2 rings (SSSR count). The van der Waals surface area contributed by atoms with E-state index in [4.69, 9.17) is 26.8 Å². The standard InChI is InChI=1S/C16H16ClNO3/c1-3-20-16(19)12-5-4-6-13(15(12)18)21-14-9-11(17)8-7-10(14)2/h4-9H,3,18H2,1-2H3. The lowest BCUT2D eigenvalue weighted by atomic mass is 10.1. The van der Waals surface area contributed by atoms with E-state index in [9.17, 15) is 4.79 Å². The Balaban J connectivity index is 2.35. The number of rotatable bonds is 4. The monoisotopic (exact) mass is 305 g/mol. The van der Waals surface area contributed by atoms with Crippen molar-refractivity contribution in [3.63, 3.8) is 0 Å². The minimum absolute atomic E-state index is 0.246. The van der Waals surface area contributed by atoms with Crippen molar-refractivity contribution in [2.75, 3.05) is 12.3 Å². The molecular weight excluding hydrogens is 290 g/mol. The molecule has 0 aromatic heterocycles. The number of anilines is 1. The maximum atomic E-state index is 11.8. The second kappa shape index (κ2) is 6.50. The Morgan fingerprint density at radius 2 is 2.00 bits per heavy atom. The van der Waals surface area contributed by atoms with Crippen LogP contribution < -0.4 is 10.5 Å². The van der Waals surface area contributed by atoms with Crippen LogP contribution in [-0.2, 0) is 4.74 Å². The van der Waals surface area contributed by atoms with Crippen molar-refractivity contribution in [2.45, 2.75) is 13.8 Å². The molecule has 0 radical (unpaired) electrons. The highest BCUT2D eigenvalue weighted by Crippen LogP contribution is 2.33. The van der Waals surface area contributed by atoms with Crippen LogP contribution in [0.15, 0.2) is 36.4 Å². The van der Waals surface area contributed by atoms with E-state index in [-0.39, 0.29) is 17.9 Å². The molecule has 110 valence electrons. The second-order valence-corrected chi connectivity index (χ2v) is 4.89. The molecule has 0 unspecified atom stereocenters. The largest absolute Gasteiger partial charge is 0.462 e. The summed E-state index contributed by atoms with van der Waals surface area (Å²) in [5.41, 5.74) is 7.44. The number of esters is 1. The van der Waals surface area contributed by atoms with Gasteiger partial charge in [-0.05, 0) is 43.7 Å². The zero-order valence-corrected chi connectivity index (χ0v) is 12.6. The maximum Gasteiger partial charge on any atom is 0.340 e. The van der Waals surface area contributed by atoms with E-state index in [0.717, 1.165) is 5.56 Å². The zero-order valence-electron chi connectivity index (χ0n) is 11.9. The first kappa shape index (κ1) is 15.2. The van der Waals surface area contributed by atoms with Gasteiger partial charge in [0.25, 0.3) is 0 Å². The Bertz CT molecular complexity index is 671.